The van der Waals surface area contributed by atoms with Crippen LogP contribution in [0.1, 0.15) is 5.56 Å². The predicted octanol–water partition coefficient (Wildman–Crippen LogP) is 3.26. The molecule has 0 aromatic heterocycles. The van der Waals surface area contributed by atoms with E-state index >= 15 is 0 Å². The first-order chi connectivity index (χ1) is 12.3. The normalized spacial score (nSPS) is 16.8. The van der Waals surface area contributed by atoms with E-state index in [9.17, 15) is 21.6 Å². The molecule has 0 bridgehead atoms. The number of hydrogen-bond acceptors (Lipinski definition) is 3. The highest BCUT2D eigenvalue weighted by molar-refractivity contribution is 7.89. The van der Waals surface area contributed by atoms with Crippen molar-refractivity contribution in [3.8, 4) is 0 Å². The molecule has 0 N–H and O–H groups in total. The number of halogens is 4. The van der Waals surface area contributed by atoms with E-state index < -0.39 is 32.4 Å². The van der Waals surface area contributed by atoms with Crippen LogP contribution >= 0.6 is 11.6 Å². The van der Waals surface area contributed by atoms with Gasteiger partial charge in [-0.15, -0.1) is 0 Å². The van der Waals surface area contributed by atoms with Crippen molar-refractivity contribution in [2.45, 2.75) is 11.4 Å². The van der Waals surface area contributed by atoms with E-state index in [0.717, 1.165) is 17.7 Å². The summed E-state index contributed by atoms with van der Waals surface area (Å²) < 4.78 is 66.2. The Labute approximate surface area is 154 Å². The van der Waals surface area contributed by atoms with Gasteiger partial charge in [-0.3, -0.25) is 4.90 Å². The second-order valence-electron chi connectivity index (χ2n) is 5.99. The molecule has 9 heteroatoms. The van der Waals surface area contributed by atoms with Crippen LogP contribution in [-0.2, 0) is 16.6 Å². The lowest BCUT2D eigenvalue weighted by atomic mass is 10.2. The highest BCUT2D eigenvalue weighted by Gasteiger charge is 2.30. The number of benzene rings is 2. The van der Waals surface area contributed by atoms with Crippen molar-refractivity contribution in [1.29, 1.82) is 0 Å². The van der Waals surface area contributed by atoms with Crippen LogP contribution in [0.3, 0.4) is 0 Å². The van der Waals surface area contributed by atoms with Crippen LogP contribution < -0.4 is 0 Å². The average molecular weight is 405 g/mol. The van der Waals surface area contributed by atoms with E-state index in [4.69, 9.17) is 11.6 Å². The van der Waals surface area contributed by atoms with Crippen LogP contribution in [0, 0.1) is 17.5 Å². The van der Waals surface area contributed by atoms with Gasteiger partial charge in [-0.1, -0.05) is 17.7 Å². The summed E-state index contributed by atoms with van der Waals surface area (Å²) in [6.45, 7) is 1.61. The SMILES string of the molecule is O=S(=O)(c1ccc(F)cc1F)N1CCN(Cc2ccc(F)cc2Cl)CC1. The Morgan fingerprint density at radius 3 is 2.15 bits per heavy atom. The first-order valence-electron chi connectivity index (χ1n) is 7.89. The molecule has 140 valence electrons. The first kappa shape index (κ1) is 19.2. The van der Waals surface area contributed by atoms with Gasteiger partial charge < -0.3 is 0 Å². The van der Waals surface area contributed by atoms with E-state index in [2.05, 4.69) is 0 Å². The Balaban J connectivity index is 1.67. The molecule has 26 heavy (non-hydrogen) atoms. The maximum atomic E-state index is 13.8. The van der Waals surface area contributed by atoms with Crippen molar-refractivity contribution < 1.29 is 21.6 Å². The molecular weight excluding hydrogens is 389 g/mol. The Kier molecular flexibility index (Phi) is 5.57. The average Bonchev–Trinajstić information content (AvgIpc) is 2.57. The molecule has 0 radical (unpaired) electrons. The number of piperazine rings is 1. The molecule has 1 aliphatic rings. The van der Waals surface area contributed by atoms with Gasteiger partial charge in [-0.25, -0.2) is 21.6 Å². The van der Waals surface area contributed by atoms with Gasteiger partial charge in [-0.2, -0.15) is 4.31 Å². The second-order valence-corrected chi connectivity index (χ2v) is 8.30. The lowest BCUT2D eigenvalue weighted by Gasteiger charge is -2.34. The molecule has 1 saturated heterocycles. The minimum absolute atomic E-state index is 0.165. The molecule has 2 aromatic carbocycles. The van der Waals surface area contributed by atoms with Crippen molar-refractivity contribution >= 4 is 21.6 Å². The Morgan fingerprint density at radius 1 is 0.923 bits per heavy atom. The summed E-state index contributed by atoms with van der Waals surface area (Å²) in [6, 6.07) is 6.55. The molecule has 1 fully saturated rings. The molecule has 2 aromatic rings. The predicted molar refractivity (Wildman–Crippen MR) is 91.8 cm³/mol. The molecule has 1 aliphatic heterocycles. The van der Waals surface area contributed by atoms with E-state index in [1.165, 1.54) is 16.4 Å². The van der Waals surface area contributed by atoms with E-state index in [1.807, 2.05) is 4.90 Å². The van der Waals surface area contributed by atoms with Gasteiger partial charge in [0.15, 0.2) is 0 Å². The van der Waals surface area contributed by atoms with Crippen LogP contribution in [0.2, 0.25) is 5.02 Å². The minimum atomic E-state index is -4.03. The largest absolute Gasteiger partial charge is 0.296 e. The van der Waals surface area contributed by atoms with Crippen LogP contribution in [0.5, 0.6) is 0 Å². The van der Waals surface area contributed by atoms with Crippen LogP contribution in [0.25, 0.3) is 0 Å². The fraction of sp³-hybridized carbons (Fsp3) is 0.294. The second kappa shape index (κ2) is 7.56. The van der Waals surface area contributed by atoms with Gasteiger partial charge in [0.2, 0.25) is 10.0 Å². The number of hydrogen-bond donors (Lipinski definition) is 0. The fourth-order valence-electron chi connectivity index (χ4n) is 2.84. The summed E-state index contributed by atoms with van der Waals surface area (Å²) >= 11 is 6.01. The standard InChI is InChI=1S/C17H16ClF3N2O2S/c18-15-9-13(19)2-1-12(15)11-22-5-7-23(8-6-22)26(24,25)17-4-3-14(20)10-16(17)21/h1-4,9-10H,5-8,11H2. The molecule has 4 nitrogen and oxygen atoms in total. The molecule has 3 rings (SSSR count). The zero-order valence-electron chi connectivity index (χ0n) is 13.6. The molecule has 0 aliphatic carbocycles. The van der Waals surface area contributed by atoms with Crippen molar-refractivity contribution in [3.63, 3.8) is 0 Å². The van der Waals surface area contributed by atoms with Crippen molar-refractivity contribution in [2.24, 2.45) is 0 Å². The van der Waals surface area contributed by atoms with Crippen molar-refractivity contribution in [2.75, 3.05) is 26.2 Å². The van der Waals surface area contributed by atoms with Crippen molar-refractivity contribution in [3.05, 3.63) is 64.4 Å². The van der Waals surface area contributed by atoms with Gasteiger partial charge in [0.05, 0.1) is 0 Å². The maximum absolute atomic E-state index is 13.8. The lowest BCUT2D eigenvalue weighted by molar-refractivity contribution is 0.181. The molecule has 1 heterocycles. The van der Waals surface area contributed by atoms with Crippen LogP contribution in [0.4, 0.5) is 13.2 Å². The van der Waals surface area contributed by atoms with E-state index in [-0.39, 0.29) is 13.1 Å². The quantitative estimate of drug-likeness (QED) is 0.785. The van der Waals surface area contributed by atoms with Gasteiger partial charge >= 0.3 is 0 Å². The smallest absolute Gasteiger partial charge is 0.246 e. The zero-order valence-corrected chi connectivity index (χ0v) is 15.2. The summed E-state index contributed by atoms with van der Waals surface area (Å²) in [5.74, 6) is -2.36. The maximum Gasteiger partial charge on any atom is 0.246 e. The summed E-state index contributed by atoms with van der Waals surface area (Å²) in [4.78, 5) is 1.44. The zero-order chi connectivity index (χ0) is 18.9. The number of sulfonamides is 1. The molecule has 0 atom stereocenters. The molecule has 0 unspecified atom stereocenters. The number of nitrogens with zero attached hydrogens (tertiary/aromatic N) is 2. The molecule has 0 saturated carbocycles. The van der Waals surface area contributed by atoms with Gasteiger partial charge in [0.1, 0.15) is 22.3 Å². The Hall–Kier alpha value is -1.61. The Morgan fingerprint density at radius 2 is 1.54 bits per heavy atom. The molecule has 0 amide bonds. The van der Waals surface area contributed by atoms with Crippen molar-refractivity contribution in [1.82, 2.24) is 9.21 Å². The third-order valence-electron chi connectivity index (χ3n) is 4.25. The first-order valence-corrected chi connectivity index (χ1v) is 9.70. The third kappa shape index (κ3) is 4.03. The summed E-state index contributed by atoms with van der Waals surface area (Å²) in [5.41, 5.74) is 0.744. The number of rotatable bonds is 4. The van der Waals surface area contributed by atoms with Crippen LogP contribution in [-0.4, -0.2) is 43.8 Å². The third-order valence-corrected chi connectivity index (χ3v) is 6.54. The molecule has 0 spiro atoms. The van der Waals surface area contributed by atoms with E-state index in [1.54, 1.807) is 6.07 Å². The molecular formula is C17H16ClF3N2O2S. The van der Waals surface area contributed by atoms with Crippen LogP contribution in [0.15, 0.2) is 41.3 Å². The summed E-state index contributed by atoms with van der Waals surface area (Å²) in [6.07, 6.45) is 0. The summed E-state index contributed by atoms with van der Waals surface area (Å²) in [7, 11) is -4.03. The van der Waals surface area contributed by atoms with E-state index in [0.29, 0.717) is 30.7 Å². The monoisotopic (exact) mass is 404 g/mol. The highest BCUT2D eigenvalue weighted by atomic mass is 35.5. The summed E-state index contributed by atoms with van der Waals surface area (Å²) in [5, 5.41) is 0.313. The minimum Gasteiger partial charge on any atom is -0.296 e. The van der Waals surface area contributed by atoms with Gasteiger partial charge in [-0.05, 0) is 29.8 Å². The van der Waals surface area contributed by atoms with Gasteiger partial charge in [0, 0.05) is 43.8 Å². The lowest BCUT2D eigenvalue weighted by Crippen LogP contribution is -2.48. The Bertz CT molecular complexity index is 916. The van der Waals surface area contributed by atoms with Gasteiger partial charge in [0.25, 0.3) is 0 Å². The highest BCUT2D eigenvalue weighted by Crippen LogP contribution is 2.23. The topological polar surface area (TPSA) is 40.6 Å². The fourth-order valence-corrected chi connectivity index (χ4v) is 4.54.